The summed E-state index contributed by atoms with van der Waals surface area (Å²) >= 11 is 0. The van der Waals surface area contributed by atoms with E-state index in [-0.39, 0.29) is 42.3 Å². The molecule has 0 fully saturated rings. The van der Waals surface area contributed by atoms with Crippen molar-refractivity contribution >= 4 is 53.9 Å². The number of carbonyl (C=O) groups is 4. The zero-order chi connectivity index (χ0) is 50.5. The third kappa shape index (κ3) is 15.2. The molecule has 16 heteroatoms. The van der Waals surface area contributed by atoms with Crippen molar-refractivity contribution in [1.82, 2.24) is 15.2 Å². The first kappa shape index (κ1) is 53.9. The van der Waals surface area contributed by atoms with E-state index in [0.717, 1.165) is 36.7 Å². The van der Waals surface area contributed by atoms with Crippen molar-refractivity contribution < 1.29 is 47.6 Å². The van der Waals surface area contributed by atoms with Crippen molar-refractivity contribution in [3.63, 3.8) is 0 Å². The first-order chi connectivity index (χ1) is 32.7. The van der Waals surface area contributed by atoms with Gasteiger partial charge in [-0.1, -0.05) is 91.0 Å². The summed E-state index contributed by atoms with van der Waals surface area (Å²) in [6, 6.07) is 19.0. The highest BCUT2D eigenvalue weighted by Gasteiger charge is 2.31. The number of nitrogens with one attached hydrogen (secondary N) is 3. The third-order valence-electron chi connectivity index (χ3n) is 12.3. The molecule has 0 saturated carbocycles. The minimum atomic E-state index is -5.29. The Labute approximate surface area is 405 Å². The number of hydrogen-bond acceptors (Lipinski definition) is 9. The van der Waals surface area contributed by atoms with Gasteiger partial charge in [0.25, 0.3) is 5.91 Å². The maximum atomic E-state index is 13.4. The lowest BCUT2D eigenvalue weighted by atomic mass is 9.78. The molecule has 69 heavy (non-hydrogen) atoms. The number of unbranched alkanes of at least 4 members (excludes halogenated alkanes) is 10. The van der Waals surface area contributed by atoms with E-state index in [4.69, 9.17) is 8.94 Å². The Hall–Kier alpha value is -6.02. The van der Waals surface area contributed by atoms with Crippen LogP contribution in [0, 0.1) is 6.92 Å². The lowest BCUT2D eigenvalue weighted by Gasteiger charge is -2.31. The molecule has 3 aromatic rings. The first-order valence-electron chi connectivity index (χ1n) is 24.0. The smallest absolute Gasteiger partial charge is 0.336 e. The summed E-state index contributed by atoms with van der Waals surface area (Å²) in [6.07, 6.45) is 12.9. The fraction of sp³-hybridized carbons (Fsp3) is 0.453. The summed E-state index contributed by atoms with van der Waals surface area (Å²) in [4.78, 5) is 76.2. The molecular weight excluding hydrogens is 898 g/mol. The molecule has 1 aliphatic carbocycles. The highest BCUT2D eigenvalue weighted by atomic mass is 31.2. The molecule has 372 valence electrons. The molecule has 15 nitrogen and oxygen atoms in total. The van der Waals surface area contributed by atoms with E-state index < -0.39 is 31.0 Å². The van der Waals surface area contributed by atoms with Gasteiger partial charge < -0.3 is 44.7 Å². The van der Waals surface area contributed by atoms with E-state index in [2.05, 4.69) is 22.9 Å². The van der Waals surface area contributed by atoms with E-state index in [1.54, 1.807) is 39.0 Å². The van der Waals surface area contributed by atoms with Gasteiger partial charge in [-0.15, -0.1) is 0 Å². The Kier molecular flexibility index (Phi) is 19.2. The fourth-order valence-electron chi connectivity index (χ4n) is 8.89. The van der Waals surface area contributed by atoms with Gasteiger partial charge in [0.1, 0.15) is 31.2 Å². The van der Waals surface area contributed by atoms with Crippen LogP contribution in [-0.2, 0) is 19.6 Å². The van der Waals surface area contributed by atoms with E-state index in [1.165, 1.54) is 57.1 Å². The molecule has 1 aliphatic heterocycles. The molecule has 0 bridgehead atoms. The minimum Gasteiger partial charge on any atom is -0.746 e. The van der Waals surface area contributed by atoms with Gasteiger partial charge in [0, 0.05) is 103 Å². The van der Waals surface area contributed by atoms with Crippen LogP contribution in [0.15, 0.2) is 71.1 Å². The summed E-state index contributed by atoms with van der Waals surface area (Å²) in [5, 5.41) is 20.4. The van der Waals surface area contributed by atoms with Crippen LogP contribution in [0.4, 0.5) is 11.4 Å². The van der Waals surface area contributed by atoms with Gasteiger partial charge in [0.05, 0.1) is 11.6 Å². The fourth-order valence-corrected chi connectivity index (χ4v) is 9.28. The molecule has 1 unspecified atom stereocenters. The maximum Gasteiger partial charge on any atom is 0.336 e. The highest BCUT2D eigenvalue weighted by molar-refractivity contribution is 7.45. The third-order valence-corrected chi connectivity index (χ3v) is 12.7. The van der Waals surface area contributed by atoms with Gasteiger partial charge in [-0.2, -0.15) is 0 Å². The summed E-state index contributed by atoms with van der Waals surface area (Å²) in [5.41, 5.74) is 3.40. The predicted molar refractivity (Wildman–Crippen MR) is 271 cm³/mol. The van der Waals surface area contributed by atoms with E-state index in [1.807, 2.05) is 74.1 Å². The van der Waals surface area contributed by atoms with Crippen molar-refractivity contribution in [3.05, 3.63) is 94.3 Å². The van der Waals surface area contributed by atoms with Crippen LogP contribution in [0.25, 0.3) is 33.4 Å². The second kappa shape index (κ2) is 24.5. The van der Waals surface area contributed by atoms with Crippen LogP contribution in [0.5, 0.6) is 5.75 Å². The number of rotatable bonds is 25. The highest BCUT2D eigenvalue weighted by Crippen LogP contribution is 2.45. The molecule has 2 aliphatic rings. The lowest BCUT2D eigenvalue weighted by Crippen LogP contribution is -2.37. The second-order valence-corrected chi connectivity index (χ2v) is 20.0. The molecule has 3 amide bonds. The molecule has 3 aromatic carbocycles. The maximum absolute atomic E-state index is 13.4. The Bertz CT molecular complexity index is 2720. The lowest BCUT2D eigenvalue weighted by molar-refractivity contribution is -0.211. The molecule has 0 aromatic heterocycles. The molecular formula is C53H70N5O10P. The van der Waals surface area contributed by atoms with Gasteiger partial charge >= 0.3 is 13.8 Å². The average Bonchev–Trinajstić information content (AvgIpc) is 3.27. The quantitative estimate of drug-likeness (QED) is 0.0161. The zero-order valence-corrected chi connectivity index (χ0v) is 42.4. The average molecular weight is 968 g/mol. The number of benzene rings is 4. The molecule has 0 radical (unpaired) electrons. The number of anilines is 2. The first-order valence-corrected chi connectivity index (χ1v) is 25.5. The van der Waals surface area contributed by atoms with Gasteiger partial charge in [0.2, 0.25) is 17.2 Å². The Morgan fingerprint density at radius 2 is 1.45 bits per heavy atom. The van der Waals surface area contributed by atoms with Crippen LogP contribution >= 0.6 is 7.82 Å². The van der Waals surface area contributed by atoms with Crippen molar-refractivity contribution in [2.75, 3.05) is 51.5 Å². The number of aromatic carboxylic acids is 1. The number of phosphoric acid groups is 1. The summed E-state index contributed by atoms with van der Waals surface area (Å²) in [6.45, 7) is 7.41. The normalized spacial score (nSPS) is 12.4. The van der Waals surface area contributed by atoms with E-state index in [0.29, 0.717) is 56.7 Å². The van der Waals surface area contributed by atoms with Gasteiger partial charge in [0.15, 0.2) is 0 Å². The standard InChI is InChI=1S/C53H70N5O10P/c1-9-10-11-12-13-14-15-16-17-18-19-20-47(59)56-37-29-35(2)50(46(31-37)68-69(64,65)66)53(3,4)34-48(60)54-27-28-55-51(61)36-21-24-40(43(30-36)52(62)63)49-41-25-22-38(57(5)6)32-44(41)67-45-33-39(58(7)8)23-26-42(45)49/h21-26,29-33H,9-20,27-28,34H2,1-8H3,(H5-,54,55,56,59,60,61,62,63,64,65,66). The number of carboxylic acid groups (broad SMARTS) is 1. The number of amides is 3. The van der Waals surface area contributed by atoms with Crippen LogP contribution in [0.3, 0.4) is 0 Å². The predicted octanol–water partition coefficient (Wildman–Crippen LogP) is 9.00. The molecule has 5 rings (SSSR count). The minimum absolute atomic E-state index is 0.0118. The van der Waals surface area contributed by atoms with E-state index >= 15 is 0 Å². The number of carbonyl (C=O) groups excluding carboxylic acids is 3. The van der Waals surface area contributed by atoms with E-state index in [9.17, 15) is 38.6 Å². The van der Waals surface area contributed by atoms with Crippen LogP contribution in [0.1, 0.15) is 136 Å². The van der Waals surface area contributed by atoms with Crippen LogP contribution < -0.4 is 40.2 Å². The number of hydrogen-bond donors (Lipinski definition) is 5. The van der Waals surface area contributed by atoms with Crippen LogP contribution in [-0.4, -0.2) is 75.0 Å². The van der Waals surface area contributed by atoms with Gasteiger partial charge in [-0.05, 0) is 60.9 Å². The largest absolute Gasteiger partial charge is 0.746 e. The number of carboxylic acids is 1. The molecule has 0 saturated heterocycles. The topological polar surface area (TPSA) is 214 Å². The molecule has 0 spiro atoms. The Balaban J connectivity index is 1.21. The monoisotopic (exact) mass is 967 g/mol. The van der Waals surface area contributed by atoms with Crippen molar-refractivity contribution in [3.8, 4) is 28.2 Å². The second-order valence-electron chi connectivity index (χ2n) is 18.9. The number of nitrogens with zero attached hydrogens (tertiary/aromatic N) is 2. The van der Waals surface area contributed by atoms with Crippen molar-refractivity contribution in [2.24, 2.45) is 0 Å². The van der Waals surface area contributed by atoms with Crippen molar-refractivity contribution in [1.29, 1.82) is 0 Å². The molecule has 1 heterocycles. The molecule has 1 atom stereocenters. The van der Waals surface area contributed by atoms with Gasteiger partial charge in [-0.3, -0.25) is 18.9 Å². The number of aryl methyl sites for hydroxylation is 1. The van der Waals surface area contributed by atoms with Crippen molar-refractivity contribution in [2.45, 2.75) is 117 Å². The summed E-state index contributed by atoms with van der Waals surface area (Å²) < 4.78 is 25.4. The zero-order valence-electron chi connectivity index (χ0n) is 41.5. The van der Waals surface area contributed by atoms with Crippen LogP contribution in [0.2, 0.25) is 0 Å². The van der Waals surface area contributed by atoms with Gasteiger partial charge in [-0.25, -0.2) is 9.37 Å². The number of fused-ring (bicyclic) bond motifs is 2. The summed E-state index contributed by atoms with van der Waals surface area (Å²) in [5.74, 6) is -2.06. The SMILES string of the molecule is CCCCCCCCCCCCCC(=O)Nc1cc(C)c(C(C)(C)CC(=O)NCCNC(=O)c2ccc(-c3c4ccc(=[N+](C)C)cc-4oc4cc(N(C)C)ccc34)c(C(=O)O)c2)c(OP(=O)([O-])O)c1. The summed E-state index contributed by atoms with van der Waals surface area (Å²) in [7, 11) is 2.39. The Morgan fingerprint density at radius 3 is 2.07 bits per heavy atom. The number of phosphoric ester groups is 1. The Morgan fingerprint density at radius 1 is 0.812 bits per heavy atom. The molecule has 5 N–H and O–H groups in total.